The summed E-state index contributed by atoms with van der Waals surface area (Å²) in [6.45, 7) is 5.96. The molecule has 0 saturated heterocycles. The van der Waals surface area contributed by atoms with Gasteiger partial charge in [-0.2, -0.15) is 0 Å². The summed E-state index contributed by atoms with van der Waals surface area (Å²) in [5, 5.41) is 20.0. The molecular weight excluding hydrogens is 252 g/mol. The summed E-state index contributed by atoms with van der Waals surface area (Å²) >= 11 is 0. The highest BCUT2D eigenvalue weighted by atomic mass is 16.3. The predicted octanol–water partition coefficient (Wildman–Crippen LogP) is 2.63. The third kappa shape index (κ3) is 3.21. The van der Waals surface area contributed by atoms with Gasteiger partial charge in [-0.3, -0.25) is 4.79 Å². The standard InChI is InChI=1S/C17H26O3/c1-3-4-5-6-12(18)7-8-13-14-9-11(2)17(20)15(14)10-16(13)19/h7-8,12-16,18-19H,2-6,9-10H2,1H3/b8-7+/t12-,13-,14-,15-,16+/m0/s1. The molecule has 0 amide bonds. The second kappa shape index (κ2) is 6.68. The van der Waals surface area contributed by atoms with Crippen LogP contribution in [0.2, 0.25) is 0 Å². The number of hydrogen-bond donors (Lipinski definition) is 2. The zero-order valence-corrected chi connectivity index (χ0v) is 12.3. The lowest BCUT2D eigenvalue weighted by Gasteiger charge is -2.17. The van der Waals surface area contributed by atoms with Crippen LogP contribution < -0.4 is 0 Å². The fourth-order valence-corrected chi connectivity index (χ4v) is 3.60. The van der Waals surface area contributed by atoms with E-state index < -0.39 is 12.2 Å². The number of carbonyl (C=O) groups excluding carboxylic acids is 1. The van der Waals surface area contributed by atoms with Gasteiger partial charge >= 0.3 is 0 Å². The van der Waals surface area contributed by atoms with Gasteiger partial charge in [-0.05, 0) is 30.8 Å². The number of aliphatic hydroxyl groups excluding tert-OH is 2. The molecule has 0 radical (unpaired) electrons. The molecule has 0 aromatic heterocycles. The number of carbonyl (C=O) groups is 1. The molecule has 0 spiro atoms. The van der Waals surface area contributed by atoms with Crippen LogP contribution in [0.5, 0.6) is 0 Å². The van der Waals surface area contributed by atoms with Crippen LogP contribution in [-0.4, -0.2) is 28.2 Å². The van der Waals surface area contributed by atoms with E-state index in [-0.39, 0.29) is 23.5 Å². The van der Waals surface area contributed by atoms with Gasteiger partial charge in [0.1, 0.15) is 0 Å². The van der Waals surface area contributed by atoms with Crippen molar-refractivity contribution in [2.75, 3.05) is 0 Å². The van der Waals surface area contributed by atoms with Gasteiger partial charge in [-0.1, -0.05) is 44.9 Å². The van der Waals surface area contributed by atoms with E-state index in [2.05, 4.69) is 13.5 Å². The van der Waals surface area contributed by atoms with Crippen LogP contribution in [0, 0.1) is 17.8 Å². The second-order valence-corrected chi connectivity index (χ2v) is 6.27. The maximum atomic E-state index is 11.9. The van der Waals surface area contributed by atoms with Crippen molar-refractivity contribution in [2.24, 2.45) is 17.8 Å². The molecule has 0 aromatic rings. The number of allylic oxidation sites excluding steroid dienone is 1. The zero-order chi connectivity index (χ0) is 14.7. The molecule has 2 fully saturated rings. The predicted molar refractivity (Wildman–Crippen MR) is 79.1 cm³/mol. The number of hydrogen-bond acceptors (Lipinski definition) is 3. The van der Waals surface area contributed by atoms with Gasteiger partial charge in [-0.25, -0.2) is 0 Å². The Morgan fingerprint density at radius 2 is 2.20 bits per heavy atom. The molecule has 2 N–H and O–H groups in total. The first kappa shape index (κ1) is 15.5. The van der Waals surface area contributed by atoms with Gasteiger partial charge in [0.05, 0.1) is 12.2 Å². The molecule has 0 aliphatic heterocycles. The highest BCUT2D eigenvalue weighted by molar-refractivity contribution is 5.99. The maximum absolute atomic E-state index is 11.9. The average molecular weight is 278 g/mol. The lowest BCUT2D eigenvalue weighted by molar-refractivity contribution is -0.118. The molecule has 0 bridgehead atoms. The van der Waals surface area contributed by atoms with Gasteiger partial charge in [0.2, 0.25) is 0 Å². The Morgan fingerprint density at radius 3 is 2.90 bits per heavy atom. The summed E-state index contributed by atoms with van der Waals surface area (Å²) in [6, 6.07) is 0. The number of Topliss-reactive ketones (excluding diaryl/α,β-unsaturated/α-hetero) is 1. The van der Waals surface area contributed by atoms with Crippen molar-refractivity contribution >= 4 is 5.78 Å². The molecule has 20 heavy (non-hydrogen) atoms. The summed E-state index contributed by atoms with van der Waals surface area (Å²) in [6.07, 6.45) is 8.15. The quantitative estimate of drug-likeness (QED) is 0.446. The summed E-state index contributed by atoms with van der Waals surface area (Å²) in [5.74, 6) is 0.256. The van der Waals surface area contributed by atoms with E-state index in [1.54, 1.807) is 6.08 Å². The Bertz CT molecular complexity index is 399. The molecule has 2 aliphatic rings. The van der Waals surface area contributed by atoms with Crippen molar-refractivity contribution in [3.05, 3.63) is 24.3 Å². The van der Waals surface area contributed by atoms with E-state index in [0.717, 1.165) is 25.7 Å². The molecule has 0 aromatic carbocycles. The Morgan fingerprint density at radius 1 is 1.45 bits per heavy atom. The minimum Gasteiger partial charge on any atom is -0.392 e. The smallest absolute Gasteiger partial charge is 0.161 e. The minimum atomic E-state index is -0.457. The Labute approximate surface area is 121 Å². The van der Waals surface area contributed by atoms with Crippen LogP contribution >= 0.6 is 0 Å². The summed E-state index contributed by atoms with van der Waals surface area (Å²) < 4.78 is 0. The summed E-state index contributed by atoms with van der Waals surface area (Å²) in [7, 11) is 0. The zero-order valence-electron chi connectivity index (χ0n) is 12.3. The lowest BCUT2D eigenvalue weighted by atomic mass is 9.90. The van der Waals surface area contributed by atoms with Gasteiger partial charge in [-0.15, -0.1) is 0 Å². The first-order valence-electron chi connectivity index (χ1n) is 7.81. The molecule has 0 unspecified atom stereocenters. The number of aliphatic hydroxyl groups is 2. The molecule has 112 valence electrons. The fourth-order valence-electron chi connectivity index (χ4n) is 3.60. The first-order valence-corrected chi connectivity index (χ1v) is 7.81. The number of fused-ring (bicyclic) bond motifs is 1. The highest BCUT2D eigenvalue weighted by Crippen LogP contribution is 2.48. The Kier molecular flexibility index (Phi) is 5.17. The van der Waals surface area contributed by atoms with Gasteiger partial charge in [0.25, 0.3) is 0 Å². The van der Waals surface area contributed by atoms with Crippen molar-refractivity contribution < 1.29 is 15.0 Å². The van der Waals surface area contributed by atoms with E-state index in [4.69, 9.17) is 0 Å². The third-order valence-electron chi connectivity index (χ3n) is 4.78. The molecule has 2 rings (SSSR count). The summed E-state index contributed by atoms with van der Waals surface area (Å²) in [5.41, 5.74) is 0.703. The largest absolute Gasteiger partial charge is 0.392 e. The molecule has 3 heteroatoms. The first-order chi connectivity index (χ1) is 9.54. The van der Waals surface area contributed by atoms with Crippen molar-refractivity contribution in [1.29, 1.82) is 0 Å². The van der Waals surface area contributed by atoms with E-state index in [0.29, 0.717) is 18.4 Å². The lowest BCUT2D eigenvalue weighted by Crippen LogP contribution is -2.17. The molecule has 2 saturated carbocycles. The van der Waals surface area contributed by atoms with Crippen LogP contribution in [0.15, 0.2) is 24.3 Å². The SMILES string of the molecule is C=C1C[C@H]2[C@H](/C=C/[C@@H](O)CCCCC)[C@H](O)C[C@@H]2C1=O. The third-order valence-corrected chi connectivity index (χ3v) is 4.78. The fraction of sp³-hybridized carbons (Fsp3) is 0.706. The van der Waals surface area contributed by atoms with E-state index in [1.165, 1.54) is 0 Å². The molecule has 0 heterocycles. The van der Waals surface area contributed by atoms with Crippen molar-refractivity contribution in [1.82, 2.24) is 0 Å². The van der Waals surface area contributed by atoms with Gasteiger partial charge in [0, 0.05) is 11.8 Å². The minimum absolute atomic E-state index is 0.0102. The normalized spacial score (nSPS) is 35.0. The van der Waals surface area contributed by atoms with Crippen molar-refractivity contribution in [3.63, 3.8) is 0 Å². The van der Waals surface area contributed by atoms with Gasteiger partial charge in [0.15, 0.2) is 5.78 Å². The van der Waals surface area contributed by atoms with E-state index >= 15 is 0 Å². The maximum Gasteiger partial charge on any atom is 0.161 e. The monoisotopic (exact) mass is 278 g/mol. The van der Waals surface area contributed by atoms with Gasteiger partial charge < -0.3 is 10.2 Å². The van der Waals surface area contributed by atoms with Crippen LogP contribution in [0.4, 0.5) is 0 Å². The number of rotatable bonds is 6. The molecule has 5 atom stereocenters. The summed E-state index contributed by atoms with van der Waals surface area (Å²) in [4.78, 5) is 11.9. The second-order valence-electron chi connectivity index (χ2n) is 6.27. The number of ketones is 1. The van der Waals surface area contributed by atoms with Crippen molar-refractivity contribution in [2.45, 2.75) is 57.7 Å². The Hall–Kier alpha value is -0.930. The molecule has 2 aliphatic carbocycles. The highest BCUT2D eigenvalue weighted by Gasteiger charge is 2.49. The Balaban J connectivity index is 1.91. The van der Waals surface area contributed by atoms with Crippen LogP contribution in [-0.2, 0) is 4.79 Å². The van der Waals surface area contributed by atoms with Crippen LogP contribution in [0.1, 0.15) is 45.4 Å². The molecule has 3 nitrogen and oxygen atoms in total. The van der Waals surface area contributed by atoms with Crippen molar-refractivity contribution in [3.8, 4) is 0 Å². The molecular formula is C17H26O3. The number of unbranched alkanes of at least 4 members (excludes halogenated alkanes) is 2. The van der Waals surface area contributed by atoms with E-state index in [1.807, 2.05) is 6.08 Å². The van der Waals surface area contributed by atoms with Crippen LogP contribution in [0.25, 0.3) is 0 Å². The van der Waals surface area contributed by atoms with Crippen LogP contribution in [0.3, 0.4) is 0 Å². The average Bonchev–Trinajstić information content (AvgIpc) is 2.85. The topological polar surface area (TPSA) is 57.5 Å². The van der Waals surface area contributed by atoms with E-state index in [9.17, 15) is 15.0 Å².